The number of rotatable bonds is 8. The van der Waals surface area contributed by atoms with Gasteiger partial charge in [-0.1, -0.05) is 11.6 Å². The Balaban J connectivity index is 1.10. The summed E-state index contributed by atoms with van der Waals surface area (Å²) in [5, 5.41) is 15.2. The number of thiazole rings is 1. The predicted molar refractivity (Wildman–Crippen MR) is 187 cm³/mol. The third kappa shape index (κ3) is 6.34. The average molecular weight is 690 g/mol. The van der Waals surface area contributed by atoms with Crippen molar-refractivity contribution in [2.45, 2.75) is 71.4 Å². The number of likely N-dealkylation sites (tertiary alicyclic amines) is 1. The molecule has 2 atom stereocenters. The zero-order chi connectivity index (χ0) is 32.8. The second-order valence-corrected chi connectivity index (χ2v) is 14.7. The molecule has 1 aliphatic carbocycles. The van der Waals surface area contributed by atoms with E-state index in [1.165, 1.54) is 16.3 Å². The lowest BCUT2D eigenvalue weighted by molar-refractivity contribution is 0.0699. The minimum Gasteiger partial charge on any atom is -0.491 e. The largest absolute Gasteiger partial charge is 0.491 e. The summed E-state index contributed by atoms with van der Waals surface area (Å²) in [5.41, 5.74) is 5.73. The van der Waals surface area contributed by atoms with Gasteiger partial charge in [-0.3, -0.25) is 19.2 Å². The maximum Gasteiger partial charge on any atom is 0.338 e. The number of carboxylic acid groups (broad SMARTS) is 1. The van der Waals surface area contributed by atoms with E-state index in [0.717, 1.165) is 71.6 Å². The first-order valence-electron chi connectivity index (χ1n) is 16.0. The zero-order valence-electron chi connectivity index (χ0n) is 26.6. The van der Waals surface area contributed by atoms with E-state index in [1.807, 2.05) is 32.0 Å². The van der Waals surface area contributed by atoms with Crippen molar-refractivity contribution in [2.24, 2.45) is 0 Å². The molecule has 9 nitrogen and oxygen atoms in total. The maximum absolute atomic E-state index is 13.9. The number of aryl methyl sites for hydroxylation is 4. The fraction of sp³-hybridized carbons (Fsp3) is 0.400. The summed E-state index contributed by atoms with van der Waals surface area (Å²) in [6.07, 6.45) is 4.84. The third-order valence-electron chi connectivity index (χ3n) is 9.33. The van der Waals surface area contributed by atoms with Crippen LogP contribution < -0.4 is 10.3 Å². The van der Waals surface area contributed by atoms with Gasteiger partial charge in [-0.25, -0.2) is 14.8 Å². The van der Waals surface area contributed by atoms with Gasteiger partial charge in [0.25, 0.3) is 5.56 Å². The van der Waals surface area contributed by atoms with E-state index in [9.17, 15) is 14.7 Å². The van der Waals surface area contributed by atoms with Crippen LogP contribution in [0.3, 0.4) is 0 Å². The van der Waals surface area contributed by atoms with Gasteiger partial charge < -0.3 is 9.84 Å². The Bertz CT molecular complexity index is 2050. The van der Waals surface area contributed by atoms with E-state index in [4.69, 9.17) is 26.3 Å². The van der Waals surface area contributed by atoms with Gasteiger partial charge in [0.05, 0.1) is 33.0 Å². The maximum atomic E-state index is 13.9. The average Bonchev–Trinajstić information content (AvgIpc) is 3.69. The highest BCUT2D eigenvalue weighted by molar-refractivity contribution is 7.18. The number of hydrogen-bond donors (Lipinski definition) is 1. The number of piperidine rings is 1. The molecule has 1 fully saturated rings. The smallest absolute Gasteiger partial charge is 0.338 e. The molecule has 47 heavy (non-hydrogen) atoms. The topological polar surface area (TPSA) is 110 Å². The number of halogens is 1. The molecule has 5 heterocycles. The number of aromatic nitrogens is 4. The van der Waals surface area contributed by atoms with Crippen LogP contribution in [0, 0.1) is 20.8 Å². The first kappa shape index (κ1) is 31.9. The number of carboxylic acids is 1. The van der Waals surface area contributed by atoms with E-state index >= 15 is 0 Å². The first-order chi connectivity index (χ1) is 22.7. The lowest BCUT2D eigenvalue weighted by atomic mass is 9.88. The molecule has 0 radical (unpaired) electrons. The number of thiophene rings is 1. The van der Waals surface area contributed by atoms with Crippen molar-refractivity contribution in [2.75, 3.05) is 19.7 Å². The van der Waals surface area contributed by atoms with Crippen LogP contribution in [0.5, 0.6) is 5.75 Å². The molecule has 1 N–H and O–H groups in total. The summed E-state index contributed by atoms with van der Waals surface area (Å²) in [5.74, 6) is 0.728. The van der Waals surface area contributed by atoms with Crippen molar-refractivity contribution in [1.82, 2.24) is 24.4 Å². The predicted octanol–water partition coefficient (Wildman–Crippen LogP) is 7.07. The number of hydrogen-bond acceptors (Lipinski definition) is 9. The van der Waals surface area contributed by atoms with Crippen molar-refractivity contribution < 1.29 is 14.6 Å². The normalized spacial score (nSPS) is 18.4. The van der Waals surface area contributed by atoms with Gasteiger partial charge >= 0.3 is 5.97 Å². The Morgan fingerprint density at radius 1 is 1.06 bits per heavy atom. The van der Waals surface area contributed by atoms with E-state index in [-0.39, 0.29) is 17.7 Å². The van der Waals surface area contributed by atoms with Gasteiger partial charge in [-0.15, -0.1) is 22.7 Å². The van der Waals surface area contributed by atoms with Gasteiger partial charge in [-0.05, 0) is 83.7 Å². The summed E-state index contributed by atoms with van der Waals surface area (Å²) in [7, 11) is 0. The Kier molecular flexibility index (Phi) is 8.90. The fourth-order valence-corrected chi connectivity index (χ4v) is 9.17. The number of fused-ring (bicyclic) bond motifs is 2. The molecular weight excluding hydrogens is 654 g/mol. The standard InChI is InChI=1S/C35H36ClN5O4S2/c1-19-13-26(32-31(37-19)28(18-46-32)35(43)44)25-14-23(36)6-9-30(25)45-12-11-41-21(3)39-29-8-7-24(15-27(29)34(41)42)40-10-4-5-22(16-40)33-38-20(2)17-47-33/h6,9,13-14,17-18,22,24H,4-5,7-8,10-12,15-16H2,1-3H3,(H,43,44)/t22-,24-/m1/s1. The lowest BCUT2D eigenvalue weighted by Crippen LogP contribution is -2.46. The molecule has 4 aromatic heterocycles. The lowest BCUT2D eigenvalue weighted by Gasteiger charge is -2.39. The van der Waals surface area contributed by atoms with Crippen LogP contribution >= 0.6 is 34.3 Å². The van der Waals surface area contributed by atoms with Crippen LogP contribution in [0.25, 0.3) is 21.3 Å². The van der Waals surface area contributed by atoms with Crippen molar-refractivity contribution in [1.29, 1.82) is 0 Å². The molecule has 5 aromatic rings. The molecule has 0 saturated carbocycles. The molecule has 0 spiro atoms. The van der Waals surface area contributed by atoms with Gasteiger partial charge in [0.15, 0.2) is 0 Å². The second kappa shape index (κ2) is 13.1. The van der Waals surface area contributed by atoms with Gasteiger partial charge in [0.2, 0.25) is 0 Å². The second-order valence-electron chi connectivity index (χ2n) is 12.5. The number of ether oxygens (including phenoxy) is 1. The molecule has 244 valence electrons. The molecule has 7 rings (SSSR count). The minimum absolute atomic E-state index is 0.0208. The minimum atomic E-state index is -1.01. The summed E-state index contributed by atoms with van der Waals surface area (Å²) >= 11 is 9.54. The first-order valence-corrected chi connectivity index (χ1v) is 18.1. The summed E-state index contributed by atoms with van der Waals surface area (Å²) < 4.78 is 8.82. The van der Waals surface area contributed by atoms with Gasteiger partial charge in [-0.2, -0.15) is 0 Å². The molecule has 1 saturated heterocycles. The third-order valence-corrected chi connectivity index (χ3v) is 11.7. The van der Waals surface area contributed by atoms with Crippen LogP contribution in [0.1, 0.15) is 69.0 Å². The number of carbonyl (C=O) groups is 1. The highest BCUT2D eigenvalue weighted by Crippen LogP contribution is 2.40. The number of benzene rings is 1. The summed E-state index contributed by atoms with van der Waals surface area (Å²) in [4.78, 5) is 42.5. The molecule has 0 bridgehead atoms. The van der Waals surface area contributed by atoms with Crippen LogP contribution in [-0.4, -0.2) is 61.2 Å². The van der Waals surface area contributed by atoms with E-state index in [1.54, 1.807) is 27.4 Å². The van der Waals surface area contributed by atoms with E-state index in [0.29, 0.717) is 52.7 Å². The molecular formula is C35H36ClN5O4S2. The van der Waals surface area contributed by atoms with Crippen LogP contribution in [0.4, 0.5) is 0 Å². The fourth-order valence-electron chi connectivity index (χ4n) is 7.06. The quantitative estimate of drug-likeness (QED) is 0.184. The monoisotopic (exact) mass is 689 g/mol. The molecule has 1 aromatic carbocycles. The number of aromatic carboxylic acids is 1. The van der Waals surface area contributed by atoms with Crippen LogP contribution in [0.15, 0.2) is 39.8 Å². The molecule has 0 unspecified atom stereocenters. The van der Waals surface area contributed by atoms with Crippen molar-refractivity contribution >= 4 is 50.5 Å². The van der Waals surface area contributed by atoms with Gasteiger partial charge in [0.1, 0.15) is 18.2 Å². The summed E-state index contributed by atoms with van der Waals surface area (Å²) in [6.45, 7) is 8.42. The van der Waals surface area contributed by atoms with Crippen LogP contribution in [0.2, 0.25) is 5.02 Å². The zero-order valence-corrected chi connectivity index (χ0v) is 29.0. The van der Waals surface area contributed by atoms with Crippen molar-refractivity contribution in [3.63, 3.8) is 0 Å². The molecule has 2 aliphatic rings. The SMILES string of the molecule is Cc1csc([C@@H]2CCCN([C@@H]3CCc4nc(C)n(CCOc5ccc(Cl)cc5-c5cc(C)nc6c(C(=O)O)csc56)c(=O)c4C3)C2)n1. The Morgan fingerprint density at radius 2 is 1.91 bits per heavy atom. The van der Waals surface area contributed by atoms with Crippen molar-refractivity contribution in [3.05, 3.63) is 89.4 Å². The van der Waals surface area contributed by atoms with Crippen LogP contribution in [-0.2, 0) is 19.4 Å². The Morgan fingerprint density at radius 3 is 2.70 bits per heavy atom. The molecule has 0 amide bonds. The molecule has 1 aliphatic heterocycles. The van der Waals surface area contributed by atoms with Gasteiger partial charge in [0, 0.05) is 62.4 Å². The molecule has 12 heteroatoms. The van der Waals surface area contributed by atoms with E-state index < -0.39 is 5.97 Å². The highest BCUT2D eigenvalue weighted by atomic mass is 35.5. The number of nitrogens with zero attached hydrogens (tertiary/aromatic N) is 5. The summed E-state index contributed by atoms with van der Waals surface area (Å²) in [6, 6.07) is 7.65. The van der Waals surface area contributed by atoms with Crippen molar-refractivity contribution in [3.8, 4) is 16.9 Å². The van der Waals surface area contributed by atoms with E-state index in [2.05, 4.69) is 22.2 Å². The number of pyridine rings is 1. The Labute approximate surface area is 285 Å². The Hall–Kier alpha value is -3.64. The highest BCUT2D eigenvalue weighted by Gasteiger charge is 2.32.